The molecular weight excluding hydrogens is 1760 g/mol. The number of aryl methyl sites for hydroxylation is 4. The third-order valence-electron chi connectivity index (χ3n) is 14.6. The summed E-state index contributed by atoms with van der Waals surface area (Å²) in [6.45, 7) is -15.6. The van der Waals surface area contributed by atoms with Crippen molar-refractivity contribution in [1.29, 1.82) is 0 Å². The molecule has 44 heteroatoms. The van der Waals surface area contributed by atoms with E-state index in [2.05, 4.69) is 20.6 Å². The summed E-state index contributed by atoms with van der Waals surface area (Å²) < 4.78 is 440. The lowest BCUT2D eigenvalue weighted by atomic mass is 10.0. The van der Waals surface area contributed by atoms with E-state index in [4.69, 9.17) is 149 Å². The summed E-state index contributed by atoms with van der Waals surface area (Å²) in [5.74, 6) is -11.2. The monoisotopic (exact) mass is 1850 g/mol. The average molecular weight is 1850 g/mol. The lowest BCUT2D eigenvalue weighted by Gasteiger charge is -2.09. The van der Waals surface area contributed by atoms with Gasteiger partial charge in [-0.25, -0.2) is 52.6 Å². The first-order valence-electron chi connectivity index (χ1n) is 47.7. The van der Waals surface area contributed by atoms with Gasteiger partial charge >= 0.3 is 0 Å². The Morgan fingerprint density at radius 3 is 0.905 bits per heavy atom. The number of ketones is 4. The molecule has 1 atom stereocenters. The molecule has 0 fully saturated rings. The highest BCUT2D eigenvalue weighted by Gasteiger charge is 2.34. The third kappa shape index (κ3) is 18.1. The molecule has 16 rings (SSSR count). The normalized spacial score (nSPS) is 19.3. The van der Waals surface area contributed by atoms with Crippen LogP contribution in [-0.4, -0.2) is 105 Å². The zero-order valence-corrected chi connectivity index (χ0v) is 66.5. The van der Waals surface area contributed by atoms with E-state index in [0.29, 0.717) is 45.3 Å². The van der Waals surface area contributed by atoms with Crippen LogP contribution >= 0.6 is 91.8 Å². The quantitative estimate of drug-likeness (QED) is 0.0408. The SMILES string of the molecule is [2H]c1c(C)c(C([2H])([2H])C(=O)c2sccc2S(=O)(=O)Nc2onc(C([2H])([2H])[2H])c2Cl)c([2H])c2c1OC([2H])([2H])O2.[2H]c1c(C)c(C([2H])([2H])C(=O)c2sccc2S(=O)(=O)Nc2onc(C([2H])([2H])[2H])c2Cl)c([2H])c2c1OC([2H])O2.[2H]c1c(C)c(C([2H])([2H])C(=O)c2sccc2S(=O)(=O)Nc2onc(C([2H])([2H])[2H])c2Cl)c([2H])c2c1OCO2.[2H]c1c2c(c([2H])c(C([2H])([2H])C(=O)c3sccc3S(=O)(=O)Nc3onc(C([2H])([2H])[2H])c3Cl)c1C([2H])([2H])[2H])OCO2. The summed E-state index contributed by atoms with van der Waals surface area (Å²) in [4.78, 5) is 48.5. The fourth-order valence-corrected chi connectivity index (χ4v) is 19.3. The number of Topliss-reactive ketones (excluding diaryl/α,β-unsaturated/α-hetero) is 4. The number of hydrogen-bond donors (Lipinski definition) is 4. The van der Waals surface area contributed by atoms with Crippen molar-refractivity contribution < 1.29 is 155 Å². The van der Waals surface area contributed by atoms with Crippen LogP contribution in [0.1, 0.15) is 153 Å². The second-order valence-corrected chi connectivity index (χ2v) is 34.0. The highest BCUT2D eigenvalue weighted by Crippen LogP contribution is 2.42. The van der Waals surface area contributed by atoms with Crippen molar-refractivity contribution >= 4 is 179 Å². The summed E-state index contributed by atoms with van der Waals surface area (Å²) >= 11 is 25.9. The third-order valence-corrected chi connectivity index (χ3v) is 25.7. The topological polar surface area (TPSA) is 431 Å². The van der Waals surface area contributed by atoms with Gasteiger partial charge in [0.15, 0.2) is 69.1 Å². The number of ether oxygens (including phenoxy) is 8. The van der Waals surface area contributed by atoms with Gasteiger partial charge in [-0.15, -0.1) is 45.3 Å². The Morgan fingerprint density at radius 2 is 0.629 bits per heavy atom. The highest BCUT2D eigenvalue weighted by molar-refractivity contribution is 7.94. The first-order valence-corrected chi connectivity index (χ1v) is 41.6. The van der Waals surface area contributed by atoms with Crippen molar-refractivity contribution in [3.05, 3.63) is 201 Å². The van der Waals surface area contributed by atoms with Crippen molar-refractivity contribution in [2.75, 3.05) is 46.0 Å². The van der Waals surface area contributed by atoms with Crippen LogP contribution in [0.5, 0.6) is 46.0 Å². The van der Waals surface area contributed by atoms with Crippen LogP contribution in [0, 0.1) is 55.0 Å². The first-order chi connectivity index (χ1) is 68.7. The molecule has 12 aromatic rings. The Bertz CT molecular complexity index is 8060. The summed E-state index contributed by atoms with van der Waals surface area (Å²) in [5.41, 5.74) is -6.84. The maximum atomic E-state index is 13.5. The van der Waals surface area contributed by atoms with E-state index in [9.17, 15) is 52.8 Å². The number of carbonyl (C=O) groups is 4. The van der Waals surface area contributed by atoms with Crippen LogP contribution in [-0.2, 0) is 65.6 Å². The number of carbonyl (C=O) groups excluding carboxylic acids is 4. The Kier molecular flexibility index (Phi) is 14.8. The lowest BCUT2D eigenvalue weighted by Crippen LogP contribution is -2.16. The zero-order valence-electron chi connectivity index (χ0n) is 91.0. The maximum Gasteiger partial charge on any atom is 0.265 e. The van der Waals surface area contributed by atoms with Crippen molar-refractivity contribution in [3.8, 4) is 46.0 Å². The van der Waals surface area contributed by atoms with Gasteiger partial charge < -0.3 is 56.0 Å². The Labute approximate surface area is 744 Å². The standard InChI is InChI=1S/4C18H15ClN2O6S2/c4*1-9-5-13-14(26-8-25-13)7-11(9)6-12(22)17-15(3-4-28-17)29(23,24)21-18-16(19)10(2)20-27-18/h4*3-5,7,21H,6,8H2,1-2H3/i2D3,5D,6D2,7D,8D2;2D3,5D,6D2,7D,8D;1D3,2D3,5D,6D2,7D;2D3,5D,6D2,7D. The van der Waals surface area contributed by atoms with Gasteiger partial charge in [0.1, 0.15) is 66.6 Å². The highest BCUT2D eigenvalue weighted by atomic mass is 35.5. The minimum absolute atomic E-state index is 0.0477. The van der Waals surface area contributed by atoms with Crippen molar-refractivity contribution in [2.45, 2.75) is 100 Å². The minimum Gasteiger partial charge on any atom is -0.454 e. The second-order valence-electron chi connectivity index (χ2n) is 22.2. The van der Waals surface area contributed by atoms with E-state index in [1.165, 1.54) is 36.9 Å². The number of thiophene rings is 4. The summed E-state index contributed by atoms with van der Waals surface area (Å²) in [7, 11) is -18.8. The summed E-state index contributed by atoms with van der Waals surface area (Å²) in [6, 6.07) is -0.739. The zero-order chi connectivity index (χ0) is 112. The molecule has 0 aliphatic carbocycles. The van der Waals surface area contributed by atoms with Gasteiger partial charge in [0, 0.05) is 57.0 Å². The molecule has 1 unspecified atom stereocenters. The number of nitrogens with zero attached hydrogens (tertiary/aromatic N) is 4. The second kappa shape index (κ2) is 34.1. The van der Waals surface area contributed by atoms with Crippen molar-refractivity contribution in [3.63, 3.8) is 0 Å². The number of aromatic nitrogens is 4. The van der Waals surface area contributed by atoms with Crippen LogP contribution < -0.4 is 56.8 Å². The Hall–Kier alpha value is -10.2. The molecule has 4 aliphatic heterocycles. The molecule has 0 amide bonds. The molecule has 4 aliphatic rings. The molecule has 116 heavy (non-hydrogen) atoms. The van der Waals surface area contributed by atoms with Crippen molar-refractivity contribution in [2.24, 2.45) is 0 Å². The van der Waals surface area contributed by atoms with Crippen LogP contribution in [0.15, 0.2) is 132 Å². The number of fused-ring (bicyclic) bond motifs is 4. The van der Waals surface area contributed by atoms with E-state index in [-0.39, 0.29) is 52.5 Å². The number of hydrogen-bond acceptors (Lipinski definition) is 32. The van der Waals surface area contributed by atoms with E-state index in [1.54, 1.807) is 0 Å². The number of benzene rings is 4. The number of sulfonamides is 4. The fourth-order valence-electron chi connectivity index (χ4n) is 9.29. The number of rotatable bonds is 24. The molecule has 8 aromatic heterocycles. The molecular formula is C72H60Cl4N8O24S8. The predicted molar refractivity (Wildman–Crippen MR) is 427 cm³/mol. The molecule has 0 bridgehead atoms. The predicted octanol–water partition coefficient (Wildman–Crippen LogP) is 15.8. The van der Waals surface area contributed by atoms with Crippen molar-refractivity contribution in [1.82, 2.24) is 20.6 Å². The van der Waals surface area contributed by atoms with Crippen LogP contribution in [0.3, 0.4) is 0 Å². The van der Waals surface area contributed by atoms with E-state index >= 15 is 0 Å². The maximum absolute atomic E-state index is 13.5. The first kappa shape index (κ1) is 50.4. The van der Waals surface area contributed by atoms with Gasteiger partial charge in [-0.3, -0.25) is 19.2 Å². The molecule has 4 aromatic carbocycles. The molecule has 608 valence electrons. The summed E-state index contributed by atoms with van der Waals surface area (Å²) in [5, 5.41) is 15.2. The number of halogens is 4. The largest absolute Gasteiger partial charge is 0.454 e. The van der Waals surface area contributed by atoms with Gasteiger partial charge in [0.05, 0.1) is 30.5 Å². The molecule has 0 saturated carbocycles. The van der Waals surface area contributed by atoms with Crippen LogP contribution in [0.4, 0.5) is 23.5 Å². The van der Waals surface area contributed by atoms with E-state index in [1.807, 2.05) is 18.9 Å². The Balaban J connectivity index is 0.000000167. The molecule has 0 radical (unpaired) electrons. The van der Waals surface area contributed by atoms with Gasteiger partial charge in [-0.2, -0.15) is 0 Å². The number of nitrogens with one attached hydrogen (secondary N) is 4. The fraction of sp³-hybridized carbons (Fsp3) is 0.222. The van der Waals surface area contributed by atoms with E-state index < -0.39 is 342 Å². The molecule has 0 spiro atoms. The van der Waals surface area contributed by atoms with Gasteiger partial charge in [0.2, 0.25) is 27.1 Å². The number of anilines is 4. The molecule has 4 N–H and O–H groups in total. The van der Waals surface area contributed by atoms with Gasteiger partial charge in [-0.1, -0.05) is 67.0 Å². The van der Waals surface area contributed by atoms with Crippen LogP contribution in [0.25, 0.3) is 0 Å². The molecule has 32 nitrogen and oxygen atoms in total. The minimum atomic E-state index is -4.78. The Morgan fingerprint density at radius 1 is 0.388 bits per heavy atom. The van der Waals surface area contributed by atoms with Gasteiger partial charge in [0.25, 0.3) is 63.6 Å². The molecule has 0 saturated heterocycles. The van der Waals surface area contributed by atoms with Crippen LogP contribution in [0.2, 0.25) is 20.1 Å². The smallest absolute Gasteiger partial charge is 0.265 e. The van der Waals surface area contributed by atoms with E-state index in [0.717, 1.165) is 29.6 Å². The van der Waals surface area contributed by atoms with Gasteiger partial charge in [-0.05, 0) is 194 Å². The molecule has 12 heterocycles. The lowest BCUT2D eigenvalue weighted by molar-refractivity contribution is 0.0985. The average Bonchev–Trinajstić information content (AvgIpc) is 1.50. The summed E-state index contributed by atoms with van der Waals surface area (Å²) in [6.07, 6.45) is -12.4.